The first-order valence-corrected chi connectivity index (χ1v) is 7.17. The Morgan fingerprint density at radius 1 is 1.05 bits per heavy atom. The van der Waals surface area contributed by atoms with E-state index < -0.39 is 0 Å². The molecular formula is C16H18BrNO2. The van der Waals surface area contributed by atoms with Gasteiger partial charge in [0.05, 0.1) is 13.7 Å². The van der Waals surface area contributed by atoms with Gasteiger partial charge in [0, 0.05) is 34.9 Å². The van der Waals surface area contributed by atoms with Crippen molar-refractivity contribution in [1.29, 1.82) is 0 Å². The number of anilines is 1. The number of hydrogen-bond acceptors (Lipinski definition) is 3. The molecule has 2 rings (SSSR count). The van der Waals surface area contributed by atoms with E-state index in [1.165, 1.54) is 0 Å². The molecule has 1 N–H and O–H groups in total. The average Bonchev–Trinajstić information content (AvgIpc) is 2.48. The topological polar surface area (TPSA) is 30.5 Å². The zero-order valence-corrected chi connectivity index (χ0v) is 13.2. The molecule has 0 aliphatic carbocycles. The molecule has 0 fully saturated rings. The second-order valence-electron chi connectivity index (χ2n) is 4.36. The predicted molar refractivity (Wildman–Crippen MR) is 85.2 cm³/mol. The van der Waals surface area contributed by atoms with Crippen LogP contribution in [0.3, 0.4) is 0 Å². The maximum Gasteiger partial charge on any atom is 0.123 e. The van der Waals surface area contributed by atoms with Crippen LogP contribution in [0.25, 0.3) is 0 Å². The van der Waals surface area contributed by atoms with Crippen LogP contribution < -0.4 is 10.1 Å². The van der Waals surface area contributed by atoms with E-state index in [9.17, 15) is 0 Å². The highest BCUT2D eigenvalue weighted by atomic mass is 79.9. The van der Waals surface area contributed by atoms with Crippen molar-refractivity contribution in [2.75, 3.05) is 19.5 Å². The molecule has 0 aliphatic heterocycles. The molecule has 4 heteroatoms. The number of ether oxygens (including phenoxy) is 2. The minimum absolute atomic E-state index is 0.565. The second-order valence-corrected chi connectivity index (χ2v) is 5.22. The molecule has 0 bridgehead atoms. The van der Waals surface area contributed by atoms with Gasteiger partial charge < -0.3 is 14.8 Å². The first kappa shape index (κ1) is 14.9. The highest BCUT2D eigenvalue weighted by molar-refractivity contribution is 9.10. The van der Waals surface area contributed by atoms with E-state index in [4.69, 9.17) is 9.47 Å². The van der Waals surface area contributed by atoms with Gasteiger partial charge in [0.1, 0.15) is 5.75 Å². The lowest BCUT2D eigenvalue weighted by molar-refractivity contribution is 0.185. The maximum atomic E-state index is 5.36. The third kappa shape index (κ3) is 3.52. The van der Waals surface area contributed by atoms with Crippen LogP contribution in [-0.2, 0) is 17.9 Å². The van der Waals surface area contributed by atoms with Crippen LogP contribution in [-0.4, -0.2) is 14.2 Å². The molecule has 0 unspecified atom stereocenters. The third-order valence-corrected chi connectivity index (χ3v) is 3.81. The molecule has 0 aliphatic rings. The van der Waals surface area contributed by atoms with E-state index in [2.05, 4.69) is 33.4 Å². The average molecular weight is 336 g/mol. The predicted octanol–water partition coefficient (Wildman–Crippen LogP) is 4.22. The Hall–Kier alpha value is -1.52. The smallest absolute Gasteiger partial charge is 0.123 e. The SMILES string of the molecule is COCc1c(Br)cccc1NCc1ccccc1OC. The summed E-state index contributed by atoms with van der Waals surface area (Å²) in [5.74, 6) is 0.892. The van der Waals surface area contributed by atoms with Gasteiger partial charge in [-0.15, -0.1) is 0 Å². The molecule has 0 saturated heterocycles. The summed E-state index contributed by atoms with van der Waals surface area (Å²) in [7, 11) is 3.39. The van der Waals surface area contributed by atoms with Crippen LogP contribution in [0.1, 0.15) is 11.1 Å². The summed E-state index contributed by atoms with van der Waals surface area (Å²) >= 11 is 3.56. The second kappa shape index (κ2) is 7.31. The number of methoxy groups -OCH3 is 2. The molecule has 106 valence electrons. The van der Waals surface area contributed by atoms with Crippen LogP contribution in [0.4, 0.5) is 5.69 Å². The third-order valence-electron chi connectivity index (χ3n) is 3.07. The largest absolute Gasteiger partial charge is 0.496 e. The van der Waals surface area contributed by atoms with Gasteiger partial charge in [-0.05, 0) is 18.2 Å². The van der Waals surface area contributed by atoms with Gasteiger partial charge in [0.25, 0.3) is 0 Å². The molecule has 3 nitrogen and oxygen atoms in total. The van der Waals surface area contributed by atoms with Gasteiger partial charge in [-0.1, -0.05) is 40.2 Å². The summed E-state index contributed by atoms with van der Waals surface area (Å²) < 4.78 is 11.7. The number of hydrogen-bond donors (Lipinski definition) is 1. The lowest BCUT2D eigenvalue weighted by Gasteiger charge is -2.14. The Balaban J connectivity index is 2.16. The fraction of sp³-hybridized carbons (Fsp3) is 0.250. The van der Waals surface area contributed by atoms with Gasteiger partial charge in [-0.2, -0.15) is 0 Å². The highest BCUT2D eigenvalue weighted by Crippen LogP contribution is 2.27. The number of para-hydroxylation sites is 1. The summed E-state index contributed by atoms with van der Waals surface area (Å²) in [5.41, 5.74) is 3.30. The summed E-state index contributed by atoms with van der Waals surface area (Å²) in [4.78, 5) is 0. The van der Waals surface area contributed by atoms with Crippen LogP contribution in [0.15, 0.2) is 46.9 Å². The van der Waals surface area contributed by atoms with Gasteiger partial charge in [-0.3, -0.25) is 0 Å². The molecule has 0 radical (unpaired) electrons. The van der Waals surface area contributed by atoms with Gasteiger partial charge in [0.15, 0.2) is 0 Å². The van der Waals surface area contributed by atoms with Crippen molar-refractivity contribution in [2.45, 2.75) is 13.2 Å². The zero-order chi connectivity index (χ0) is 14.4. The zero-order valence-electron chi connectivity index (χ0n) is 11.7. The normalized spacial score (nSPS) is 10.3. The Labute approximate surface area is 128 Å². The van der Waals surface area contributed by atoms with Crippen molar-refractivity contribution in [3.63, 3.8) is 0 Å². The summed E-state index contributed by atoms with van der Waals surface area (Å²) in [6.07, 6.45) is 0. The lowest BCUT2D eigenvalue weighted by Crippen LogP contribution is -2.05. The van der Waals surface area contributed by atoms with E-state index in [0.29, 0.717) is 13.2 Å². The van der Waals surface area contributed by atoms with Gasteiger partial charge in [0.2, 0.25) is 0 Å². The van der Waals surface area contributed by atoms with Crippen molar-refractivity contribution in [3.8, 4) is 5.75 Å². The minimum atomic E-state index is 0.565. The van der Waals surface area contributed by atoms with E-state index in [-0.39, 0.29) is 0 Å². The van der Waals surface area contributed by atoms with Crippen LogP contribution >= 0.6 is 15.9 Å². The van der Waals surface area contributed by atoms with Crippen molar-refractivity contribution in [3.05, 3.63) is 58.1 Å². The molecule has 0 saturated carbocycles. The van der Waals surface area contributed by atoms with Gasteiger partial charge >= 0.3 is 0 Å². The van der Waals surface area contributed by atoms with Crippen molar-refractivity contribution in [1.82, 2.24) is 0 Å². The van der Waals surface area contributed by atoms with E-state index in [1.807, 2.05) is 30.3 Å². The fourth-order valence-electron chi connectivity index (χ4n) is 2.05. The van der Waals surface area contributed by atoms with Crippen LogP contribution in [0.2, 0.25) is 0 Å². The van der Waals surface area contributed by atoms with Crippen molar-refractivity contribution < 1.29 is 9.47 Å². The standard InChI is InChI=1S/C16H18BrNO2/c1-19-11-13-14(17)7-5-8-15(13)18-10-12-6-3-4-9-16(12)20-2/h3-9,18H,10-11H2,1-2H3. The molecule has 0 heterocycles. The molecule has 0 amide bonds. The lowest BCUT2D eigenvalue weighted by atomic mass is 10.1. The first-order chi connectivity index (χ1) is 9.76. The number of nitrogens with one attached hydrogen (secondary N) is 1. The van der Waals surface area contributed by atoms with E-state index >= 15 is 0 Å². The molecular weight excluding hydrogens is 318 g/mol. The molecule has 2 aromatic rings. The Bertz CT molecular complexity index is 572. The van der Waals surface area contributed by atoms with Crippen LogP contribution in [0, 0.1) is 0 Å². The Kier molecular flexibility index (Phi) is 5.44. The summed E-state index contributed by atoms with van der Waals surface area (Å²) in [6, 6.07) is 14.1. The molecule has 0 atom stereocenters. The molecule has 0 aromatic heterocycles. The van der Waals surface area contributed by atoms with E-state index in [0.717, 1.165) is 27.0 Å². The van der Waals surface area contributed by atoms with Crippen LogP contribution in [0.5, 0.6) is 5.75 Å². The van der Waals surface area contributed by atoms with Crippen molar-refractivity contribution >= 4 is 21.6 Å². The quantitative estimate of drug-likeness (QED) is 0.857. The maximum absolute atomic E-state index is 5.36. The van der Waals surface area contributed by atoms with Crippen molar-refractivity contribution in [2.24, 2.45) is 0 Å². The summed E-state index contributed by atoms with van der Waals surface area (Å²) in [6.45, 7) is 1.27. The number of benzene rings is 2. The molecule has 0 spiro atoms. The Morgan fingerprint density at radius 2 is 1.85 bits per heavy atom. The fourth-order valence-corrected chi connectivity index (χ4v) is 2.54. The van der Waals surface area contributed by atoms with Gasteiger partial charge in [-0.25, -0.2) is 0 Å². The molecule has 2 aromatic carbocycles. The number of rotatable bonds is 6. The summed E-state index contributed by atoms with van der Waals surface area (Å²) in [5, 5.41) is 3.44. The van der Waals surface area contributed by atoms with E-state index in [1.54, 1.807) is 14.2 Å². The first-order valence-electron chi connectivity index (χ1n) is 6.38. The Morgan fingerprint density at radius 3 is 2.60 bits per heavy atom. The monoisotopic (exact) mass is 335 g/mol. The minimum Gasteiger partial charge on any atom is -0.496 e. The number of halogens is 1. The molecule has 20 heavy (non-hydrogen) atoms. The highest BCUT2D eigenvalue weighted by Gasteiger charge is 2.07.